The van der Waals surface area contributed by atoms with Gasteiger partial charge in [0.2, 0.25) is 0 Å². The first-order valence-electron chi connectivity index (χ1n) is 8.60. The van der Waals surface area contributed by atoms with Crippen molar-refractivity contribution in [2.45, 2.75) is 26.2 Å². The Morgan fingerprint density at radius 1 is 1.26 bits per heavy atom. The summed E-state index contributed by atoms with van der Waals surface area (Å²) in [6, 6.07) is 7.61. The van der Waals surface area contributed by atoms with E-state index in [4.69, 9.17) is 10.5 Å². The van der Waals surface area contributed by atoms with E-state index in [1.54, 1.807) is 6.08 Å². The van der Waals surface area contributed by atoms with Gasteiger partial charge in [0.25, 0.3) is 11.8 Å². The highest BCUT2D eigenvalue weighted by Gasteiger charge is 2.26. The lowest BCUT2D eigenvalue weighted by Gasteiger charge is -2.06. The van der Waals surface area contributed by atoms with Gasteiger partial charge in [0.05, 0.1) is 5.56 Å². The largest absolute Gasteiger partial charge is 0.452 e. The monoisotopic (exact) mass is 384 g/mol. The van der Waals surface area contributed by atoms with Crippen LogP contribution < -0.4 is 11.1 Å². The lowest BCUT2D eigenvalue weighted by molar-refractivity contribution is -0.142. The van der Waals surface area contributed by atoms with Gasteiger partial charge < -0.3 is 15.8 Å². The molecular formula is C20H20N2O4S. The van der Waals surface area contributed by atoms with E-state index >= 15 is 0 Å². The lowest BCUT2D eigenvalue weighted by Crippen LogP contribution is -2.22. The summed E-state index contributed by atoms with van der Waals surface area (Å²) in [5.41, 5.74) is 8.70. The molecule has 1 aromatic heterocycles. The molecule has 0 bridgehead atoms. The number of benzene rings is 1. The first-order valence-corrected chi connectivity index (χ1v) is 9.42. The summed E-state index contributed by atoms with van der Waals surface area (Å²) in [5.74, 6) is -1.67. The molecule has 0 unspecified atom stereocenters. The number of nitrogens with two attached hydrogens (primary N) is 1. The summed E-state index contributed by atoms with van der Waals surface area (Å²) in [7, 11) is 0. The molecule has 2 amide bonds. The number of carbonyl (C=O) groups excluding carboxylic acids is 3. The molecule has 0 saturated heterocycles. The van der Waals surface area contributed by atoms with Crippen molar-refractivity contribution in [2.24, 2.45) is 5.73 Å². The average Bonchev–Trinajstić information content (AvgIpc) is 3.19. The van der Waals surface area contributed by atoms with Crippen LogP contribution in [-0.2, 0) is 27.2 Å². The summed E-state index contributed by atoms with van der Waals surface area (Å²) in [6.45, 7) is 1.50. The van der Waals surface area contributed by atoms with Gasteiger partial charge >= 0.3 is 5.97 Å². The van der Waals surface area contributed by atoms with Crippen molar-refractivity contribution in [3.8, 4) is 0 Å². The van der Waals surface area contributed by atoms with Crippen LogP contribution >= 0.6 is 11.3 Å². The fraction of sp³-hybridized carbons (Fsp3) is 0.250. The van der Waals surface area contributed by atoms with Crippen LogP contribution in [0.25, 0.3) is 6.08 Å². The number of aryl methyl sites for hydroxylation is 2. The van der Waals surface area contributed by atoms with Crippen LogP contribution in [-0.4, -0.2) is 24.4 Å². The Bertz CT molecular complexity index is 930. The summed E-state index contributed by atoms with van der Waals surface area (Å²) in [6.07, 6.45) is 5.59. The molecule has 1 aliphatic rings. The Kier molecular flexibility index (Phi) is 5.71. The third-order valence-electron chi connectivity index (χ3n) is 4.35. The zero-order valence-corrected chi connectivity index (χ0v) is 15.7. The second kappa shape index (κ2) is 8.18. The normalized spacial score (nSPS) is 12.8. The van der Waals surface area contributed by atoms with E-state index in [2.05, 4.69) is 5.32 Å². The van der Waals surface area contributed by atoms with Gasteiger partial charge in [-0.15, -0.1) is 11.3 Å². The number of anilines is 1. The van der Waals surface area contributed by atoms with Crippen LogP contribution in [0.4, 0.5) is 5.00 Å². The van der Waals surface area contributed by atoms with Crippen LogP contribution in [0.5, 0.6) is 0 Å². The smallest absolute Gasteiger partial charge is 0.331 e. The Hall–Kier alpha value is -2.93. The molecule has 2 aromatic rings. The molecule has 140 valence electrons. The molecule has 0 radical (unpaired) electrons. The summed E-state index contributed by atoms with van der Waals surface area (Å²) in [5, 5.41) is 3.07. The van der Waals surface area contributed by atoms with E-state index < -0.39 is 24.4 Å². The molecule has 1 heterocycles. The molecular weight excluding hydrogens is 364 g/mol. The fourth-order valence-electron chi connectivity index (χ4n) is 3.03. The minimum atomic E-state index is -0.614. The molecule has 0 spiro atoms. The number of nitrogens with one attached hydrogen (secondary N) is 1. The van der Waals surface area contributed by atoms with Crippen molar-refractivity contribution >= 4 is 40.2 Å². The minimum absolute atomic E-state index is 0.381. The molecule has 1 aliphatic carbocycles. The lowest BCUT2D eigenvalue weighted by atomic mass is 10.1. The fourth-order valence-corrected chi connectivity index (χ4v) is 4.34. The third-order valence-corrected chi connectivity index (χ3v) is 5.56. The van der Waals surface area contributed by atoms with Gasteiger partial charge in [0.1, 0.15) is 5.00 Å². The quantitative estimate of drug-likeness (QED) is 0.591. The predicted molar refractivity (Wildman–Crippen MR) is 105 cm³/mol. The molecule has 7 heteroatoms. The van der Waals surface area contributed by atoms with Crippen molar-refractivity contribution in [1.29, 1.82) is 0 Å². The number of amides is 2. The average molecular weight is 384 g/mol. The van der Waals surface area contributed by atoms with E-state index in [0.717, 1.165) is 40.8 Å². The van der Waals surface area contributed by atoms with Gasteiger partial charge in [-0.1, -0.05) is 24.3 Å². The van der Waals surface area contributed by atoms with E-state index in [1.807, 2.05) is 31.2 Å². The number of fused-ring (bicyclic) bond motifs is 1. The summed E-state index contributed by atoms with van der Waals surface area (Å²) < 4.78 is 4.97. The van der Waals surface area contributed by atoms with Gasteiger partial charge in [-0.3, -0.25) is 9.59 Å². The highest BCUT2D eigenvalue weighted by molar-refractivity contribution is 7.17. The van der Waals surface area contributed by atoms with Gasteiger partial charge in [-0.2, -0.15) is 0 Å². The Balaban J connectivity index is 1.57. The first kappa shape index (κ1) is 18.8. The van der Waals surface area contributed by atoms with Gasteiger partial charge in [0, 0.05) is 11.0 Å². The minimum Gasteiger partial charge on any atom is -0.452 e. The second-order valence-corrected chi connectivity index (χ2v) is 7.38. The third kappa shape index (κ3) is 4.43. The zero-order valence-electron chi connectivity index (χ0n) is 14.9. The number of hydrogen-bond donors (Lipinski definition) is 2. The number of rotatable bonds is 6. The van der Waals surface area contributed by atoms with E-state index in [1.165, 1.54) is 17.4 Å². The maximum absolute atomic E-state index is 12.1. The zero-order chi connectivity index (χ0) is 19.4. The molecule has 0 atom stereocenters. The van der Waals surface area contributed by atoms with Gasteiger partial charge in [-0.05, 0) is 49.0 Å². The maximum atomic E-state index is 12.1. The molecule has 6 nitrogen and oxygen atoms in total. The Morgan fingerprint density at radius 2 is 2.04 bits per heavy atom. The molecule has 0 fully saturated rings. The number of primary amides is 1. The number of carbonyl (C=O) groups is 3. The standard InChI is InChI=1S/C20H20N2O4S/c1-12-5-2-3-6-13(12)9-10-17(24)26-11-16(23)22-20-18(19(21)25)14-7-4-8-15(14)27-20/h2-3,5-6,9-10H,4,7-8,11H2,1H3,(H2,21,25)(H,22,23)/b10-9+. The van der Waals surface area contributed by atoms with Crippen molar-refractivity contribution in [3.05, 3.63) is 57.5 Å². The van der Waals surface area contributed by atoms with Crippen molar-refractivity contribution in [2.75, 3.05) is 11.9 Å². The van der Waals surface area contributed by atoms with Crippen LogP contribution in [0.1, 0.15) is 38.3 Å². The van der Waals surface area contributed by atoms with Crippen LogP contribution in [0.2, 0.25) is 0 Å². The maximum Gasteiger partial charge on any atom is 0.331 e. The van der Waals surface area contributed by atoms with E-state index in [-0.39, 0.29) is 0 Å². The van der Waals surface area contributed by atoms with Crippen molar-refractivity contribution < 1.29 is 19.1 Å². The summed E-state index contributed by atoms with van der Waals surface area (Å²) >= 11 is 1.36. The van der Waals surface area contributed by atoms with Crippen molar-refractivity contribution in [1.82, 2.24) is 0 Å². The molecule has 3 rings (SSSR count). The predicted octanol–water partition coefficient (Wildman–Crippen LogP) is 2.84. The van der Waals surface area contributed by atoms with Gasteiger partial charge in [-0.25, -0.2) is 4.79 Å². The summed E-state index contributed by atoms with van der Waals surface area (Å²) in [4.78, 5) is 36.7. The first-order chi connectivity index (χ1) is 13.0. The van der Waals surface area contributed by atoms with E-state index in [0.29, 0.717) is 10.6 Å². The van der Waals surface area contributed by atoms with Gasteiger partial charge in [0.15, 0.2) is 6.61 Å². The molecule has 0 saturated carbocycles. The number of esters is 1. The SMILES string of the molecule is Cc1ccccc1/C=C/C(=O)OCC(=O)Nc1sc2c(c1C(N)=O)CCC2. The Labute approximate surface area is 161 Å². The van der Waals surface area contributed by atoms with Crippen LogP contribution in [0.15, 0.2) is 30.3 Å². The number of hydrogen-bond acceptors (Lipinski definition) is 5. The van der Waals surface area contributed by atoms with Crippen LogP contribution in [0.3, 0.4) is 0 Å². The number of thiophene rings is 1. The number of ether oxygens (including phenoxy) is 1. The van der Waals surface area contributed by atoms with Crippen molar-refractivity contribution in [3.63, 3.8) is 0 Å². The highest BCUT2D eigenvalue weighted by Crippen LogP contribution is 2.38. The highest BCUT2D eigenvalue weighted by atomic mass is 32.1. The molecule has 1 aromatic carbocycles. The Morgan fingerprint density at radius 3 is 2.78 bits per heavy atom. The van der Waals surface area contributed by atoms with Crippen LogP contribution in [0, 0.1) is 6.92 Å². The molecule has 3 N–H and O–H groups in total. The second-order valence-electron chi connectivity index (χ2n) is 6.27. The van der Waals surface area contributed by atoms with E-state index in [9.17, 15) is 14.4 Å². The molecule has 0 aliphatic heterocycles. The topological polar surface area (TPSA) is 98.5 Å². The molecule has 27 heavy (non-hydrogen) atoms.